The number of rotatable bonds is 8. The summed E-state index contributed by atoms with van der Waals surface area (Å²) in [5, 5.41) is 6.14. The maximum absolute atomic E-state index is 11.9. The van der Waals surface area contributed by atoms with Crippen molar-refractivity contribution in [2.24, 2.45) is 0 Å². The molecule has 0 saturated carbocycles. The number of amides is 1. The van der Waals surface area contributed by atoms with E-state index < -0.39 is 0 Å². The second-order valence-corrected chi connectivity index (χ2v) is 5.46. The molecule has 22 heavy (non-hydrogen) atoms. The number of anilines is 1. The van der Waals surface area contributed by atoms with Crippen molar-refractivity contribution in [3.05, 3.63) is 35.7 Å². The van der Waals surface area contributed by atoms with E-state index in [2.05, 4.69) is 21.7 Å². The second-order valence-electron chi connectivity index (χ2n) is 5.46. The molecule has 0 fully saturated rings. The number of aromatic nitrogens is 1. The highest BCUT2D eigenvalue weighted by Gasteiger charge is 2.07. The maximum Gasteiger partial charge on any atom is 0.270 e. The fraction of sp³-hybridized carbons (Fsp3) is 0.529. The van der Waals surface area contributed by atoms with Gasteiger partial charge in [-0.3, -0.25) is 9.78 Å². The van der Waals surface area contributed by atoms with Crippen molar-refractivity contribution >= 4 is 11.6 Å². The van der Waals surface area contributed by atoms with Crippen LogP contribution in [-0.4, -0.2) is 37.7 Å². The Kier molecular flexibility index (Phi) is 6.90. The monoisotopic (exact) mass is 303 g/mol. The van der Waals surface area contributed by atoms with Gasteiger partial charge >= 0.3 is 0 Å². The van der Waals surface area contributed by atoms with E-state index in [0.29, 0.717) is 18.8 Å². The van der Waals surface area contributed by atoms with Crippen molar-refractivity contribution in [2.75, 3.05) is 32.1 Å². The van der Waals surface area contributed by atoms with Crippen LogP contribution in [0.25, 0.3) is 0 Å². The van der Waals surface area contributed by atoms with E-state index in [1.807, 2.05) is 6.07 Å². The van der Waals surface area contributed by atoms with E-state index in [0.717, 1.165) is 18.7 Å². The molecule has 0 bridgehead atoms. The Morgan fingerprint density at radius 3 is 3.05 bits per heavy atom. The molecule has 5 heteroatoms. The van der Waals surface area contributed by atoms with Crippen molar-refractivity contribution < 1.29 is 9.53 Å². The van der Waals surface area contributed by atoms with Gasteiger partial charge in [0.05, 0.1) is 6.61 Å². The zero-order valence-corrected chi connectivity index (χ0v) is 13.2. The first-order valence-electron chi connectivity index (χ1n) is 7.94. The minimum Gasteiger partial charge on any atom is -0.385 e. The van der Waals surface area contributed by atoms with Gasteiger partial charge in [-0.05, 0) is 44.2 Å². The molecule has 0 aromatic carbocycles. The molecule has 0 atom stereocenters. The zero-order valence-electron chi connectivity index (χ0n) is 13.2. The SMILES string of the molecule is COCCNC(=O)c1cc(NCCC2=CCCCC2)ccn1. The third-order valence-electron chi connectivity index (χ3n) is 3.74. The third-order valence-corrected chi connectivity index (χ3v) is 3.74. The molecule has 2 N–H and O–H groups in total. The third kappa shape index (κ3) is 5.48. The van der Waals surface area contributed by atoms with Crippen LogP contribution in [0.4, 0.5) is 5.69 Å². The number of nitrogens with one attached hydrogen (secondary N) is 2. The van der Waals surface area contributed by atoms with Gasteiger partial charge in [-0.2, -0.15) is 0 Å². The first-order valence-corrected chi connectivity index (χ1v) is 7.94. The van der Waals surface area contributed by atoms with Gasteiger partial charge in [-0.15, -0.1) is 0 Å². The summed E-state index contributed by atoms with van der Waals surface area (Å²) in [6.45, 7) is 1.88. The number of carbonyl (C=O) groups is 1. The summed E-state index contributed by atoms with van der Waals surface area (Å²) in [4.78, 5) is 16.0. The molecule has 0 radical (unpaired) electrons. The zero-order chi connectivity index (χ0) is 15.6. The Labute approximate surface area is 132 Å². The molecular weight excluding hydrogens is 278 g/mol. The van der Waals surface area contributed by atoms with Gasteiger partial charge in [-0.1, -0.05) is 11.6 Å². The standard InChI is InChI=1S/C17H25N3O2/c1-22-12-11-20-17(21)16-13-15(8-10-19-16)18-9-7-14-5-3-2-4-6-14/h5,8,10,13H,2-4,6-7,9,11-12H2,1H3,(H,18,19)(H,20,21). The number of methoxy groups -OCH3 is 1. The molecular formula is C17H25N3O2. The van der Waals surface area contributed by atoms with Gasteiger partial charge in [0, 0.05) is 32.1 Å². The average Bonchev–Trinajstić information content (AvgIpc) is 2.56. The lowest BCUT2D eigenvalue weighted by Crippen LogP contribution is -2.27. The number of nitrogens with zero attached hydrogens (tertiary/aromatic N) is 1. The average molecular weight is 303 g/mol. The van der Waals surface area contributed by atoms with Crippen LogP contribution in [0, 0.1) is 0 Å². The predicted octanol–water partition coefficient (Wildman–Crippen LogP) is 2.76. The van der Waals surface area contributed by atoms with Crippen molar-refractivity contribution in [1.29, 1.82) is 0 Å². The summed E-state index contributed by atoms with van der Waals surface area (Å²) in [6.07, 6.45) is 10.2. The van der Waals surface area contributed by atoms with Gasteiger partial charge in [0.1, 0.15) is 5.69 Å². The smallest absolute Gasteiger partial charge is 0.270 e. The number of carbonyl (C=O) groups excluding carboxylic acids is 1. The molecule has 1 aromatic heterocycles. The Balaban J connectivity index is 1.80. The van der Waals surface area contributed by atoms with Crippen molar-refractivity contribution in [3.8, 4) is 0 Å². The molecule has 1 aromatic rings. The van der Waals surface area contributed by atoms with Crippen molar-refractivity contribution in [1.82, 2.24) is 10.3 Å². The Morgan fingerprint density at radius 1 is 1.36 bits per heavy atom. The van der Waals surface area contributed by atoms with Crippen LogP contribution in [0.15, 0.2) is 30.0 Å². The van der Waals surface area contributed by atoms with Gasteiger partial charge in [0.25, 0.3) is 5.91 Å². The summed E-state index contributed by atoms with van der Waals surface area (Å²) in [7, 11) is 1.61. The quantitative estimate of drug-likeness (QED) is 0.572. The number of hydrogen-bond acceptors (Lipinski definition) is 4. The minimum atomic E-state index is -0.171. The molecule has 120 valence electrons. The highest BCUT2D eigenvalue weighted by Crippen LogP contribution is 2.20. The normalized spacial score (nSPS) is 14.3. The van der Waals surface area contributed by atoms with Crippen LogP contribution in [-0.2, 0) is 4.74 Å². The molecule has 1 aliphatic rings. The Hall–Kier alpha value is -1.88. The molecule has 0 spiro atoms. The fourth-order valence-corrected chi connectivity index (χ4v) is 2.52. The number of pyridine rings is 1. The lowest BCUT2D eigenvalue weighted by molar-refractivity contribution is 0.0932. The summed E-state index contributed by atoms with van der Waals surface area (Å²) in [5.41, 5.74) is 2.91. The van der Waals surface area contributed by atoms with Crippen molar-refractivity contribution in [3.63, 3.8) is 0 Å². The molecule has 5 nitrogen and oxygen atoms in total. The van der Waals surface area contributed by atoms with Gasteiger partial charge < -0.3 is 15.4 Å². The lowest BCUT2D eigenvalue weighted by atomic mass is 9.97. The molecule has 0 unspecified atom stereocenters. The Bertz CT molecular complexity index is 514. The van der Waals surface area contributed by atoms with E-state index in [1.165, 1.54) is 25.7 Å². The number of hydrogen-bond donors (Lipinski definition) is 2. The molecule has 0 saturated heterocycles. The molecule has 0 aliphatic heterocycles. The summed E-state index contributed by atoms with van der Waals surface area (Å²) < 4.78 is 4.91. The maximum atomic E-state index is 11.9. The van der Waals surface area contributed by atoms with E-state index in [4.69, 9.17) is 4.74 Å². The van der Waals surface area contributed by atoms with Crippen LogP contribution in [0.2, 0.25) is 0 Å². The first-order chi connectivity index (χ1) is 10.8. The van der Waals surface area contributed by atoms with Crippen molar-refractivity contribution in [2.45, 2.75) is 32.1 Å². The van der Waals surface area contributed by atoms with E-state index in [-0.39, 0.29) is 5.91 Å². The van der Waals surface area contributed by atoms with Gasteiger partial charge in [0.2, 0.25) is 0 Å². The summed E-state index contributed by atoms with van der Waals surface area (Å²) in [6, 6.07) is 3.68. The second kappa shape index (κ2) is 9.20. The molecule has 1 heterocycles. The highest BCUT2D eigenvalue weighted by molar-refractivity contribution is 5.93. The van der Waals surface area contributed by atoms with Crippen LogP contribution in [0.3, 0.4) is 0 Å². The fourth-order valence-electron chi connectivity index (χ4n) is 2.52. The van der Waals surface area contributed by atoms with Gasteiger partial charge in [-0.25, -0.2) is 0 Å². The Morgan fingerprint density at radius 2 is 2.27 bits per heavy atom. The van der Waals surface area contributed by atoms with Gasteiger partial charge in [0.15, 0.2) is 0 Å². The molecule has 2 rings (SSSR count). The lowest BCUT2D eigenvalue weighted by Gasteiger charge is -2.13. The van der Waals surface area contributed by atoms with E-state index in [9.17, 15) is 4.79 Å². The summed E-state index contributed by atoms with van der Waals surface area (Å²) >= 11 is 0. The van der Waals surface area contributed by atoms with E-state index >= 15 is 0 Å². The van der Waals surface area contributed by atoms with Crippen LogP contribution in [0.5, 0.6) is 0 Å². The minimum absolute atomic E-state index is 0.171. The molecule has 1 amide bonds. The van der Waals surface area contributed by atoms with E-state index in [1.54, 1.807) is 24.9 Å². The molecule has 1 aliphatic carbocycles. The first kappa shape index (κ1) is 16.5. The van der Waals surface area contributed by atoms with Crippen LogP contribution in [0.1, 0.15) is 42.6 Å². The highest BCUT2D eigenvalue weighted by atomic mass is 16.5. The largest absolute Gasteiger partial charge is 0.385 e. The van der Waals surface area contributed by atoms with Crippen LogP contribution >= 0.6 is 0 Å². The number of allylic oxidation sites excluding steroid dienone is 1. The predicted molar refractivity (Wildman–Crippen MR) is 88.1 cm³/mol. The number of ether oxygens (including phenoxy) is 1. The topological polar surface area (TPSA) is 63.2 Å². The van der Waals surface area contributed by atoms with Crippen LogP contribution < -0.4 is 10.6 Å². The summed E-state index contributed by atoms with van der Waals surface area (Å²) in [5.74, 6) is -0.171.